The van der Waals surface area contributed by atoms with Crippen molar-refractivity contribution in [1.82, 2.24) is 10.2 Å². The van der Waals surface area contributed by atoms with E-state index in [-0.39, 0.29) is 41.7 Å². The highest BCUT2D eigenvalue weighted by molar-refractivity contribution is 5.89. The number of amides is 2. The summed E-state index contributed by atoms with van der Waals surface area (Å²) in [6.45, 7) is 10.7. The van der Waals surface area contributed by atoms with Gasteiger partial charge in [-0.15, -0.1) is 12.4 Å². The minimum absolute atomic E-state index is 0. The number of nitrogens with zero attached hydrogens (tertiary/aromatic N) is 1. The van der Waals surface area contributed by atoms with Crippen LogP contribution in [0.3, 0.4) is 0 Å². The van der Waals surface area contributed by atoms with Crippen molar-refractivity contribution in [3.8, 4) is 0 Å². The van der Waals surface area contributed by atoms with Crippen molar-refractivity contribution in [1.29, 1.82) is 0 Å². The fraction of sp³-hybridized carbons (Fsp3) is 0.895. The lowest BCUT2D eigenvalue weighted by molar-refractivity contribution is -0.180. The molecule has 1 saturated heterocycles. The zero-order chi connectivity index (χ0) is 18.7. The van der Waals surface area contributed by atoms with Gasteiger partial charge in [-0.05, 0) is 26.2 Å². The van der Waals surface area contributed by atoms with E-state index in [1.54, 1.807) is 0 Å². The molecule has 2 atom stereocenters. The second kappa shape index (κ2) is 9.38. The summed E-state index contributed by atoms with van der Waals surface area (Å²) in [6, 6.07) is 0. The molecule has 0 aromatic rings. The normalized spacial score (nSPS) is 28.0. The number of carbonyl (C=O) groups excluding carboxylic acids is 2. The summed E-state index contributed by atoms with van der Waals surface area (Å²) in [6.07, 6.45) is 4.13. The van der Waals surface area contributed by atoms with Crippen LogP contribution in [0.4, 0.5) is 0 Å². The lowest BCUT2D eigenvalue weighted by Gasteiger charge is -2.59. The smallest absolute Gasteiger partial charge is 0.243 e. The van der Waals surface area contributed by atoms with Crippen molar-refractivity contribution in [3.05, 3.63) is 0 Å². The average Bonchev–Trinajstić information content (AvgIpc) is 2.61. The van der Waals surface area contributed by atoms with Gasteiger partial charge in [0, 0.05) is 44.0 Å². The summed E-state index contributed by atoms with van der Waals surface area (Å²) in [5, 5.41) is 3.00. The molecular weight excluding hydrogens is 354 g/mol. The van der Waals surface area contributed by atoms with Gasteiger partial charge < -0.3 is 20.7 Å². The fourth-order valence-corrected chi connectivity index (χ4v) is 3.96. The maximum absolute atomic E-state index is 13.0. The highest BCUT2D eigenvalue weighted by atomic mass is 35.5. The highest BCUT2D eigenvalue weighted by Gasteiger charge is 2.63. The number of nitrogens with two attached hydrogens (primary N) is 1. The van der Waals surface area contributed by atoms with E-state index in [2.05, 4.69) is 12.2 Å². The summed E-state index contributed by atoms with van der Waals surface area (Å²) in [7, 11) is 0. The number of hydrogen-bond acceptors (Lipinski definition) is 4. The maximum Gasteiger partial charge on any atom is 0.243 e. The number of likely N-dealkylation sites (tertiary alicyclic amines) is 1. The Hall–Kier alpha value is -0.850. The third-order valence-electron chi connectivity index (χ3n) is 6.19. The average molecular weight is 390 g/mol. The van der Waals surface area contributed by atoms with Gasteiger partial charge >= 0.3 is 0 Å². The number of ether oxygens (including phenoxy) is 1. The number of hydrogen-bond donors (Lipinski definition) is 2. The lowest BCUT2D eigenvalue weighted by atomic mass is 9.54. The molecule has 2 fully saturated rings. The Morgan fingerprint density at radius 2 is 1.85 bits per heavy atom. The molecule has 2 unspecified atom stereocenters. The van der Waals surface area contributed by atoms with Gasteiger partial charge in [0.25, 0.3) is 0 Å². The molecule has 6 nitrogen and oxygen atoms in total. The van der Waals surface area contributed by atoms with Gasteiger partial charge in [-0.2, -0.15) is 0 Å². The molecule has 26 heavy (non-hydrogen) atoms. The van der Waals surface area contributed by atoms with Crippen LogP contribution in [0.15, 0.2) is 0 Å². The molecule has 1 saturated carbocycles. The van der Waals surface area contributed by atoms with E-state index in [1.165, 1.54) is 0 Å². The Labute approximate surface area is 164 Å². The quantitative estimate of drug-likeness (QED) is 0.653. The number of carbonyl (C=O) groups is 2. The first-order valence-electron chi connectivity index (χ1n) is 9.75. The van der Waals surface area contributed by atoms with Gasteiger partial charge in [-0.1, -0.05) is 27.2 Å². The Bertz CT molecular complexity index is 492. The summed E-state index contributed by atoms with van der Waals surface area (Å²) in [5.74, 6) is 0.155. The molecule has 1 aliphatic carbocycles. The van der Waals surface area contributed by atoms with Crippen molar-refractivity contribution in [2.24, 2.45) is 17.1 Å². The summed E-state index contributed by atoms with van der Waals surface area (Å²) >= 11 is 0. The van der Waals surface area contributed by atoms with Crippen LogP contribution >= 0.6 is 12.4 Å². The van der Waals surface area contributed by atoms with Crippen LogP contribution in [-0.2, 0) is 14.3 Å². The molecule has 7 heteroatoms. The number of halogens is 1. The summed E-state index contributed by atoms with van der Waals surface area (Å²) in [4.78, 5) is 27.0. The van der Waals surface area contributed by atoms with E-state index in [0.29, 0.717) is 26.1 Å². The number of nitrogens with one attached hydrogen (secondary N) is 1. The molecule has 0 aromatic carbocycles. The largest absolute Gasteiger partial charge is 0.378 e. The zero-order valence-corrected chi connectivity index (χ0v) is 17.5. The standard InChI is InChI=1S/C19H35N3O3.ClH/c1-5-7-10-21-16(23)14-8-11-22(12-9-14)17(24)19(20)13-15(25-6-2)18(19,3)4;/h14-15H,5-13,20H2,1-4H3,(H,21,23);1H. The Morgan fingerprint density at radius 1 is 1.23 bits per heavy atom. The number of unbranched alkanes of at least 4 members (excludes halogenated alkanes) is 1. The molecule has 152 valence electrons. The predicted octanol–water partition coefficient (Wildman–Crippen LogP) is 2.10. The van der Waals surface area contributed by atoms with Crippen molar-refractivity contribution in [2.75, 3.05) is 26.2 Å². The van der Waals surface area contributed by atoms with Crippen LogP contribution in [-0.4, -0.2) is 54.6 Å². The number of piperidine rings is 1. The zero-order valence-electron chi connectivity index (χ0n) is 16.7. The minimum Gasteiger partial charge on any atom is -0.378 e. The van der Waals surface area contributed by atoms with Crippen LogP contribution in [0.2, 0.25) is 0 Å². The Balaban J connectivity index is 0.00000338. The first-order chi connectivity index (χ1) is 11.8. The maximum atomic E-state index is 13.0. The van der Waals surface area contributed by atoms with Crippen molar-refractivity contribution in [2.45, 2.75) is 71.4 Å². The van der Waals surface area contributed by atoms with E-state index >= 15 is 0 Å². The molecule has 2 rings (SSSR count). The van der Waals surface area contributed by atoms with Gasteiger partial charge in [-0.25, -0.2) is 0 Å². The third-order valence-corrected chi connectivity index (χ3v) is 6.19. The molecule has 2 aliphatic rings. The fourth-order valence-electron chi connectivity index (χ4n) is 3.96. The molecule has 0 radical (unpaired) electrons. The molecular formula is C19H36ClN3O3. The molecule has 2 amide bonds. The van der Waals surface area contributed by atoms with Crippen molar-refractivity contribution >= 4 is 24.2 Å². The Kier molecular flexibility index (Phi) is 8.36. The van der Waals surface area contributed by atoms with Crippen molar-refractivity contribution in [3.63, 3.8) is 0 Å². The van der Waals surface area contributed by atoms with Gasteiger partial charge in [0.15, 0.2) is 0 Å². The first kappa shape index (κ1) is 23.2. The number of rotatable bonds is 7. The van der Waals surface area contributed by atoms with Crippen molar-refractivity contribution < 1.29 is 14.3 Å². The molecule has 0 aromatic heterocycles. The molecule has 0 bridgehead atoms. The summed E-state index contributed by atoms with van der Waals surface area (Å²) in [5.41, 5.74) is 5.28. The van der Waals surface area contributed by atoms with Gasteiger partial charge in [0.1, 0.15) is 5.54 Å². The summed E-state index contributed by atoms with van der Waals surface area (Å²) < 4.78 is 5.72. The molecule has 1 heterocycles. The van der Waals surface area contributed by atoms with E-state index in [0.717, 1.165) is 32.2 Å². The van der Waals surface area contributed by atoms with Crippen LogP contribution < -0.4 is 11.1 Å². The highest BCUT2D eigenvalue weighted by Crippen LogP contribution is 2.50. The lowest BCUT2D eigenvalue weighted by Crippen LogP contribution is -2.76. The Morgan fingerprint density at radius 3 is 2.35 bits per heavy atom. The van der Waals surface area contributed by atoms with E-state index in [4.69, 9.17) is 10.5 Å². The topological polar surface area (TPSA) is 84.7 Å². The van der Waals surface area contributed by atoms with Crippen LogP contribution in [0.1, 0.15) is 59.8 Å². The van der Waals surface area contributed by atoms with E-state index < -0.39 is 5.54 Å². The van der Waals surface area contributed by atoms with Crippen LogP contribution in [0, 0.1) is 11.3 Å². The van der Waals surface area contributed by atoms with Crippen LogP contribution in [0.5, 0.6) is 0 Å². The predicted molar refractivity (Wildman–Crippen MR) is 105 cm³/mol. The minimum atomic E-state index is -0.858. The van der Waals surface area contributed by atoms with Gasteiger partial charge in [-0.3, -0.25) is 9.59 Å². The second-order valence-corrected chi connectivity index (χ2v) is 8.05. The molecule has 0 spiro atoms. The van der Waals surface area contributed by atoms with Gasteiger partial charge in [0.05, 0.1) is 6.10 Å². The first-order valence-corrected chi connectivity index (χ1v) is 9.75. The SMILES string of the molecule is CCCCNC(=O)C1CCN(C(=O)C2(N)CC(OCC)C2(C)C)CC1.Cl. The monoisotopic (exact) mass is 389 g/mol. The second-order valence-electron chi connectivity index (χ2n) is 8.05. The van der Waals surface area contributed by atoms with E-state index in [9.17, 15) is 9.59 Å². The molecule has 1 aliphatic heterocycles. The van der Waals surface area contributed by atoms with Crippen LogP contribution in [0.25, 0.3) is 0 Å². The van der Waals surface area contributed by atoms with Gasteiger partial charge in [0.2, 0.25) is 11.8 Å². The van der Waals surface area contributed by atoms with E-state index in [1.807, 2.05) is 25.7 Å². The molecule has 3 N–H and O–H groups in total. The third kappa shape index (κ3) is 4.34.